The number of hydrazone groups is 1. The van der Waals surface area contributed by atoms with Crippen LogP contribution in [0, 0.1) is 16.7 Å². The summed E-state index contributed by atoms with van der Waals surface area (Å²) in [7, 11) is 0. The van der Waals surface area contributed by atoms with Crippen molar-refractivity contribution in [1.29, 1.82) is 10.7 Å². The number of nitriles is 1. The molecular weight excluding hydrogens is 258 g/mol. The monoisotopic (exact) mass is 271 g/mol. The van der Waals surface area contributed by atoms with Crippen molar-refractivity contribution in [1.82, 2.24) is 9.78 Å². The fourth-order valence-corrected chi connectivity index (χ4v) is 1.63. The topological polar surface area (TPSA) is 136 Å². The van der Waals surface area contributed by atoms with E-state index in [1.54, 1.807) is 35.1 Å². The minimum atomic E-state index is -0.392. The number of hydrogen-bond donors (Lipinski definition) is 4. The van der Waals surface area contributed by atoms with Crippen LogP contribution in [0.5, 0.6) is 0 Å². The van der Waals surface area contributed by atoms with Crippen LogP contribution in [0.1, 0.15) is 0 Å². The smallest absolute Gasteiger partial charge is 0.201 e. The maximum Gasteiger partial charge on any atom is 0.201 e. The highest BCUT2D eigenvalue weighted by Gasteiger charge is 2.03. The summed E-state index contributed by atoms with van der Waals surface area (Å²) in [6, 6.07) is 7.06. The average molecular weight is 271 g/mol. The van der Waals surface area contributed by atoms with Crippen molar-refractivity contribution in [3.8, 4) is 6.07 Å². The predicted molar refractivity (Wildman–Crippen MR) is 75.4 cm³/mol. The van der Waals surface area contributed by atoms with Gasteiger partial charge in [0.1, 0.15) is 6.07 Å². The maximum atomic E-state index is 8.87. The van der Waals surface area contributed by atoms with Gasteiger partial charge < -0.3 is 10.8 Å². The number of amidine groups is 1. The van der Waals surface area contributed by atoms with E-state index in [1.165, 1.54) is 0 Å². The van der Waals surface area contributed by atoms with Crippen LogP contribution in [-0.2, 0) is 6.54 Å². The number of anilines is 1. The van der Waals surface area contributed by atoms with E-state index in [0.29, 0.717) is 12.2 Å². The highest BCUT2D eigenvalue weighted by molar-refractivity contribution is 6.45. The number of fused-ring (bicyclic) bond motifs is 1. The number of nitrogens with one attached hydrogen (secondary N) is 2. The first kappa shape index (κ1) is 13.5. The fourth-order valence-electron chi connectivity index (χ4n) is 1.63. The van der Waals surface area contributed by atoms with Gasteiger partial charge >= 0.3 is 0 Å². The molecule has 8 heteroatoms. The van der Waals surface area contributed by atoms with E-state index in [4.69, 9.17) is 21.5 Å². The summed E-state index contributed by atoms with van der Waals surface area (Å²) in [6.07, 6.45) is 1.80. The zero-order chi connectivity index (χ0) is 14.5. The highest BCUT2D eigenvalue weighted by Crippen LogP contribution is 2.18. The lowest BCUT2D eigenvalue weighted by molar-refractivity contribution is 0.270. The molecule has 2 rings (SSSR count). The van der Waals surface area contributed by atoms with Crippen LogP contribution in [0.15, 0.2) is 29.5 Å². The molecule has 0 aliphatic rings. The lowest BCUT2D eigenvalue weighted by Crippen LogP contribution is -2.21. The second kappa shape index (κ2) is 5.81. The third-order valence-corrected chi connectivity index (χ3v) is 2.54. The summed E-state index contributed by atoms with van der Waals surface area (Å²) < 4.78 is 1.65. The number of nitrogens with zero attached hydrogens (tertiary/aromatic N) is 4. The first-order valence-electron chi connectivity index (χ1n) is 5.80. The number of benzene rings is 1. The average Bonchev–Trinajstić information content (AvgIpc) is 2.81. The van der Waals surface area contributed by atoms with Gasteiger partial charge in [0.25, 0.3) is 0 Å². The highest BCUT2D eigenvalue weighted by atomic mass is 16.3. The van der Waals surface area contributed by atoms with E-state index in [9.17, 15) is 0 Å². The van der Waals surface area contributed by atoms with Gasteiger partial charge in [-0.2, -0.15) is 15.5 Å². The quantitative estimate of drug-likeness (QED) is 0.351. The van der Waals surface area contributed by atoms with E-state index in [2.05, 4.69) is 15.6 Å². The molecule has 1 aromatic heterocycles. The van der Waals surface area contributed by atoms with Crippen molar-refractivity contribution in [3.05, 3.63) is 24.4 Å². The van der Waals surface area contributed by atoms with Crippen LogP contribution < -0.4 is 11.2 Å². The predicted octanol–water partition coefficient (Wildman–Crippen LogP) is 0.256. The number of rotatable bonds is 5. The Kier molecular flexibility index (Phi) is 3.93. The van der Waals surface area contributed by atoms with Crippen molar-refractivity contribution in [2.75, 3.05) is 12.0 Å². The number of aliphatic hydroxyl groups is 1. The number of aliphatic hydroxyl groups excluding tert-OH is 1. The van der Waals surface area contributed by atoms with E-state index < -0.39 is 5.84 Å². The minimum absolute atomic E-state index is 0.0214. The number of aromatic nitrogens is 2. The molecular formula is C12H13N7O. The van der Waals surface area contributed by atoms with Crippen molar-refractivity contribution >= 4 is 28.1 Å². The van der Waals surface area contributed by atoms with Crippen LogP contribution in [-0.4, -0.2) is 33.0 Å². The lowest BCUT2D eigenvalue weighted by Gasteiger charge is -2.00. The van der Waals surface area contributed by atoms with Gasteiger partial charge in [-0.05, 0) is 18.2 Å². The first-order valence-corrected chi connectivity index (χ1v) is 5.80. The molecule has 20 heavy (non-hydrogen) atoms. The Bertz CT molecular complexity index is 710. The largest absolute Gasteiger partial charge is 0.394 e. The van der Waals surface area contributed by atoms with Crippen molar-refractivity contribution < 1.29 is 5.11 Å². The van der Waals surface area contributed by atoms with E-state index in [-0.39, 0.29) is 12.3 Å². The molecule has 8 nitrogen and oxygen atoms in total. The Balaban J connectivity index is 2.24. The Labute approximate surface area is 114 Å². The van der Waals surface area contributed by atoms with Gasteiger partial charge in [-0.3, -0.25) is 15.5 Å². The van der Waals surface area contributed by atoms with Crippen molar-refractivity contribution in [3.63, 3.8) is 0 Å². The molecule has 0 saturated carbocycles. The molecule has 102 valence electrons. The molecule has 0 radical (unpaired) electrons. The molecule has 1 heterocycles. The van der Waals surface area contributed by atoms with Gasteiger partial charge in [0.2, 0.25) is 5.71 Å². The van der Waals surface area contributed by atoms with Crippen molar-refractivity contribution in [2.24, 2.45) is 10.8 Å². The Morgan fingerprint density at radius 2 is 2.40 bits per heavy atom. The molecule has 0 unspecified atom stereocenters. The first-order chi connectivity index (χ1) is 9.63. The van der Waals surface area contributed by atoms with Crippen LogP contribution in [0.25, 0.3) is 10.9 Å². The van der Waals surface area contributed by atoms with E-state index >= 15 is 0 Å². The molecule has 5 N–H and O–H groups in total. The van der Waals surface area contributed by atoms with Crippen LogP contribution in [0.3, 0.4) is 0 Å². The van der Waals surface area contributed by atoms with Gasteiger partial charge in [0.15, 0.2) is 5.84 Å². The normalized spacial score (nSPS) is 11.3. The van der Waals surface area contributed by atoms with Gasteiger partial charge in [-0.25, -0.2) is 0 Å². The summed E-state index contributed by atoms with van der Waals surface area (Å²) in [5.74, 6) is -0.392. The summed E-state index contributed by atoms with van der Waals surface area (Å²) in [5, 5.41) is 33.6. The van der Waals surface area contributed by atoms with Gasteiger partial charge in [0.05, 0.1) is 24.4 Å². The Hall–Kier alpha value is -2.92. The summed E-state index contributed by atoms with van der Waals surface area (Å²) in [6.45, 7) is 0.450. The zero-order valence-electron chi connectivity index (χ0n) is 10.5. The van der Waals surface area contributed by atoms with Gasteiger partial charge in [-0.1, -0.05) is 0 Å². The third kappa shape index (κ3) is 2.90. The summed E-state index contributed by atoms with van der Waals surface area (Å²) in [4.78, 5) is 0. The Morgan fingerprint density at radius 1 is 1.60 bits per heavy atom. The molecule has 0 atom stereocenters. The standard InChI is InChI=1S/C12H13N7O/c13-6-11(12(14)15)17-16-9-1-2-10-8(5-9)7-19(18-10)3-4-20/h1-2,5,7,16,20H,3-4H2,(H3,14,15)/b17-11+. The van der Waals surface area contributed by atoms with E-state index in [0.717, 1.165) is 10.9 Å². The number of hydrogen-bond acceptors (Lipinski definition) is 6. The summed E-state index contributed by atoms with van der Waals surface area (Å²) >= 11 is 0. The SMILES string of the molecule is N#C/C(=N\Nc1ccc2nn(CCO)cc2c1)C(=N)N. The zero-order valence-corrected chi connectivity index (χ0v) is 10.5. The summed E-state index contributed by atoms with van der Waals surface area (Å²) in [5.41, 5.74) is 9.12. The van der Waals surface area contributed by atoms with Crippen LogP contribution in [0.4, 0.5) is 5.69 Å². The van der Waals surface area contributed by atoms with Gasteiger partial charge in [0, 0.05) is 11.6 Å². The molecule has 0 fully saturated rings. The molecule has 2 aromatic rings. The fraction of sp³-hybridized carbons (Fsp3) is 0.167. The molecule has 1 aromatic carbocycles. The number of nitrogens with two attached hydrogens (primary N) is 1. The second-order valence-corrected chi connectivity index (χ2v) is 3.99. The second-order valence-electron chi connectivity index (χ2n) is 3.99. The van der Waals surface area contributed by atoms with Gasteiger partial charge in [-0.15, -0.1) is 0 Å². The molecule has 0 aliphatic carbocycles. The Morgan fingerprint density at radius 3 is 3.05 bits per heavy atom. The van der Waals surface area contributed by atoms with Crippen LogP contribution >= 0.6 is 0 Å². The minimum Gasteiger partial charge on any atom is -0.394 e. The van der Waals surface area contributed by atoms with Crippen LogP contribution in [0.2, 0.25) is 0 Å². The lowest BCUT2D eigenvalue weighted by atomic mass is 10.2. The van der Waals surface area contributed by atoms with E-state index in [1.807, 2.05) is 0 Å². The molecule has 0 saturated heterocycles. The molecule has 0 aliphatic heterocycles. The third-order valence-electron chi connectivity index (χ3n) is 2.54. The molecule has 0 spiro atoms. The molecule has 0 amide bonds. The molecule has 0 bridgehead atoms. The van der Waals surface area contributed by atoms with Crippen molar-refractivity contribution in [2.45, 2.75) is 6.54 Å². The maximum absolute atomic E-state index is 8.87.